The molecule has 2 aromatic rings. The summed E-state index contributed by atoms with van der Waals surface area (Å²) in [6.07, 6.45) is -2.84. The van der Waals surface area contributed by atoms with Gasteiger partial charge in [-0.2, -0.15) is 13.2 Å². The molecule has 2 heterocycles. The van der Waals surface area contributed by atoms with E-state index in [9.17, 15) is 18.0 Å². The van der Waals surface area contributed by atoms with E-state index in [1.807, 2.05) is 12.1 Å². The molecule has 4 nitrogen and oxygen atoms in total. The number of hydrogen-bond acceptors (Lipinski definition) is 2. The molecule has 0 unspecified atom stereocenters. The number of para-hydroxylation sites is 1. The summed E-state index contributed by atoms with van der Waals surface area (Å²) in [7, 11) is 0. The second-order valence-electron chi connectivity index (χ2n) is 6.87. The van der Waals surface area contributed by atoms with Gasteiger partial charge in [0.15, 0.2) is 0 Å². The number of nitrogens with zero attached hydrogens (tertiary/aromatic N) is 1. The van der Waals surface area contributed by atoms with E-state index in [1.54, 1.807) is 4.90 Å². The van der Waals surface area contributed by atoms with Gasteiger partial charge in [-0.15, -0.1) is 0 Å². The first kappa shape index (κ1) is 17.7. The van der Waals surface area contributed by atoms with Crippen LogP contribution in [0.25, 0.3) is 0 Å². The molecule has 142 valence electrons. The number of carbonyl (C=O) groups excluding carboxylic acids is 1. The molecule has 0 radical (unpaired) electrons. The summed E-state index contributed by atoms with van der Waals surface area (Å²) in [4.78, 5) is 14.1. The first-order valence-corrected chi connectivity index (χ1v) is 8.89. The van der Waals surface area contributed by atoms with E-state index in [0.717, 1.165) is 30.2 Å². The number of likely N-dealkylation sites (tertiary alicyclic amines) is 1. The Morgan fingerprint density at radius 2 is 2.00 bits per heavy atom. The van der Waals surface area contributed by atoms with Crippen LogP contribution in [0.4, 0.5) is 23.7 Å². The number of alkyl halides is 3. The number of ether oxygens (including phenoxy) is 1. The predicted octanol–water partition coefficient (Wildman–Crippen LogP) is 4.66. The number of anilines is 1. The normalized spacial score (nSPS) is 18.9. The van der Waals surface area contributed by atoms with Crippen molar-refractivity contribution in [3.05, 3.63) is 59.2 Å². The third-order valence-electron chi connectivity index (χ3n) is 5.13. The van der Waals surface area contributed by atoms with Crippen molar-refractivity contribution in [1.29, 1.82) is 0 Å². The fourth-order valence-electron chi connectivity index (χ4n) is 3.71. The summed E-state index contributed by atoms with van der Waals surface area (Å²) >= 11 is 0. The number of benzene rings is 2. The molecule has 0 bridgehead atoms. The van der Waals surface area contributed by atoms with Crippen molar-refractivity contribution >= 4 is 11.7 Å². The van der Waals surface area contributed by atoms with Gasteiger partial charge in [0.05, 0.1) is 17.9 Å². The maximum Gasteiger partial charge on any atom is 0.418 e. The third kappa shape index (κ3) is 3.59. The topological polar surface area (TPSA) is 41.6 Å². The number of hydrogen-bond donors (Lipinski definition) is 1. The van der Waals surface area contributed by atoms with Crippen LogP contribution in [0, 0.1) is 0 Å². The molecule has 0 aromatic heterocycles. The van der Waals surface area contributed by atoms with Crippen LogP contribution in [0.1, 0.15) is 29.0 Å². The SMILES string of the molecule is O=C(Nc1ccccc1C(F)(F)F)N1CC[C@@H](c2ccc3c(c2)CCO3)C1. The van der Waals surface area contributed by atoms with Crippen LogP contribution < -0.4 is 10.1 Å². The van der Waals surface area contributed by atoms with Crippen molar-refractivity contribution in [2.45, 2.75) is 24.9 Å². The Bertz CT molecular complexity index is 867. The number of rotatable bonds is 2. The van der Waals surface area contributed by atoms with Crippen molar-refractivity contribution < 1.29 is 22.7 Å². The van der Waals surface area contributed by atoms with Gasteiger partial charge in [0.25, 0.3) is 0 Å². The number of amides is 2. The highest BCUT2D eigenvalue weighted by Crippen LogP contribution is 2.36. The lowest BCUT2D eigenvalue weighted by Gasteiger charge is -2.20. The smallest absolute Gasteiger partial charge is 0.418 e. The van der Waals surface area contributed by atoms with Gasteiger partial charge >= 0.3 is 12.2 Å². The van der Waals surface area contributed by atoms with Crippen molar-refractivity contribution in [2.24, 2.45) is 0 Å². The molecule has 0 aliphatic carbocycles. The van der Waals surface area contributed by atoms with Crippen LogP contribution in [-0.4, -0.2) is 30.6 Å². The van der Waals surface area contributed by atoms with Gasteiger partial charge in [0.1, 0.15) is 5.75 Å². The van der Waals surface area contributed by atoms with Gasteiger partial charge in [-0.1, -0.05) is 24.3 Å². The number of halogens is 3. The average Bonchev–Trinajstić information content (AvgIpc) is 3.30. The van der Waals surface area contributed by atoms with Gasteiger partial charge in [-0.25, -0.2) is 4.79 Å². The molecule has 2 aromatic carbocycles. The lowest BCUT2D eigenvalue weighted by atomic mass is 9.96. The zero-order chi connectivity index (χ0) is 19.0. The third-order valence-corrected chi connectivity index (χ3v) is 5.13. The fourth-order valence-corrected chi connectivity index (χ4v) is 3.71. The Hall–Kier alpha value is -2.70. The summed E-state index contributed by atoms with van der Waals surface area (Å²) in [5.41, 5.74) is 1.26. The van der Waals surface area contributed by atoms with E-state index in [-0.39, 0.29) is 11.6 Å². The van der Waals surface area contributed by atoms with Crippen LogP contribution >= 0.6 is 0 Å². The Balaban J connectivity index is 1.44. The fraction of sp³-hybridized carbons (Fsp3) is 0.350. The van der Waals surface area contributed by atoms with E-state index >= 15 is 0 Å². The van der Waals surface area contributed by atoms with Crippen LogP contribution in [-0.2, 0) is 12.6 Å². The standard InChI is InChI=1S/C20H19F3N2O2/c21-20(22,23)16-3-1-2-4-17(16)24-19(26)25-9-7-15(12-25)13-5-6-18-14(11-13)8-10-27-18/h1-6,11,15H,7-10,12H2,(H,24,26)/t15-/m1/s1. The average molecular weight is 376 g/mol. The van der Waals surface area contributed by atoms with Crippen molar-refractivity contribution in [1.82, 2.24) is 4.90 Å². The second-order valence-corrected chi connectivity index (χ2v) is 6.87. The maximum atomic E-state index is 13.1. The number of carbonyl (C=O) groups is 1. The van der Waals surface area contributed by atoms with Crippen molar-refractivity contribution in [3.8, 4) is 5.75 Å². The molecule has 0 saturated carbocycles. The maximum absolute atomic E-state index is 13.1. The summed E-state index contributed by atoms with van der Waals surface area (Å²) in [5.74, 6) is 1.09. The highest BCUT2D eigenvalue weighted by Gasteiger charge is 2.34. The van der Waals surface area contributed by atoms with E-state index in [4.69, 9.17) is 4.74 Å². The Morgan fingerprint density at radius 3 is 2.81 bits per heavy atom. The molecule has 1 saturated heterocycles. The van der Waals surface area contributed by atoms with Crippen LogP contribution in [0.15, 0.2) is 42.5 Å². The van der Waals surface area contributed by atoms with E-state index in [1.165, 1.54) is 23.8 Å². The first-order valence-electron chi connectivity index (χ1n) is 8.89. The Kier molecular flexibility index (Phi) is 4.45. The van der Waals surface area contributed by atoms with Crippen molar-refractivity contribution in [2.75, 3.05) is 25.0 Å². The van der Waals surface area contributed by atoms with Crippen LogP contribution in [0.5, 0.6) is 5.75 Å². The molecule has 1 N–H and O–H groups in total. The highest BCUT2D eigenvalue weighted by molar-refractivity contribution is 5.90. The van der Waals surface area contributed by atoms with Gasteiger partial charge in [-0.3, -0.25) is 0 Å². The molecule has 27 heavy (non-hydrogen) atoms. The van der Waals surface area contributed by atoms with Gasteiger partial charge < -0.3 is 15.0 Å². The minimum Gasteiger partial charge on any atom is -0.493 e. The van der Waals surface area contributed by atoms with E-state index in [2.05, 4.69) is 11.4 Å². The van der Waals surface area contributed by atoms with E-state index < -0.39 is 17.8 Å². The molecule has 0 spiro atoms. The quantitative estimate of drug-likeness (QED) is 0.828. The number of nitrogens with one attached hydrogen (secondary N) is 1. The summed E-state index contributed by atoms with van der Waals surface area (Å²) in [6, 6.07) is 10.6. The zero-order valence-electron chi connectivity index (χ0n) is 14.6. The predicted molar refractivity (Wildman–Crippen MR) is 95.0 cm³/mol. The molecule has 7 heteroatoms. The molecule has 1 fully saturated rings. The minimum atomic E-state index is -4.51. The Morgan fingerprint density at radius 1 is 1.19 bits per heavy atom. The second kappa shape index (κ2) is 6.79. The lowest BCUT2D eigenvalue weighted by molar-refractivity contribution is -0.136. The van der Waals surface area contributed by atoms with Crippen LogP contribution in [0.2, 0.25) is 0 Å². The number of fused-ring (bicyclic) bond motifs is 1. The van der Waals surface area contributed by atoms with Gasteiger partial charge in [-0.05, 0) is 35.7 Å². The number of urea groups is 1. The summed E-state index contributed by atoms with van der Waals surface area (Å²) in [6.45, 7) is 1.69. The van der Waals surface area contributed by atoms with Gasteiger partial charge in [0.2, 0.25) is 0 Å². The molecule has 4 rings (SSSR count). The monoisotopic (exact) mass is 376 g/mol. The minimum absolute atomic E-state index is 0.180. The van der Waals surface area contributed by atoms with Crippen molar-refractivity contribution in [3.63, 3.8) is 0 Å². The summed E-state index contributed by atoms with van der Waals surface area (Å²) in [5, 5.41) is 2.42. The van der Waals surface area contributed by atoms with Gasteiger partial charge in [0, 0.05) is 25.4 Å². The highest BCUT2D eigenvalue weighted by atomic mass is 19.4. The molecular weight excluding hydrogens is 357 g/mol. The van der Waals surface area contributed by atoms with Crippen LogP contribution in [0.3, 0.4) is 0 Å². The molecule has 2 amide bonds. The Labute approximate surface area is 154 Å². The zero-order valence-corrected chi connectivity index (χ0v) is 14.6. The lowest BCUT2D eigenvalue weighted by Crippen LogP contribution is -2.33. The molecular formula is C20H19F3N2O2. The molecule has 1 atom stereocenters. The summed E-state index contributed by atoms with van der Waals surface area (Å²) < 4.78 is 44.8. The molecule has 2 aliphatic rings. The van der Waals surface area contributed by atoms with E-state index in [0.29, 0.717) is 19.7 Å². The first-order chi connectivity index (χ1) is 12.9. The largest absolute Gasteiger partial charge is 0.493 e. The molecule has 2 aliphatic heterocycles.